The second-order valence-electron chi connectivity index (χ2n) is 10.5. The quantitative estimate of drug-likeness (QED) is 0.372. The van der Waals surface area contributed by atoms with Crippen molar-refractivity contribution < 1.29 is 9.13 Å². The number of hydrogen-bond acceptors (Lipinski definition) is 7. The Bertz CT molecular complexity index is 1470. The molecule has 0 bridgehead atoms. The molecule has 2 aromatic carbocycles. The van der Waals surface area contributed by atoms with E-state index in [2.05, 4.69) is 20.2 Å². The third-order valence-corrected chi connectivity index (χ3v) is 7.99. The maximum absolute atomic E-state index is 15.7. The summed E-state index contributed by atoms with van der Waals surface area (Å²) in [7, 11) is 0. The molecule has 0 aliphatic carbocycles. The Kier molecular flexibility index (Phi) is 7.30. The fourth-order valence-electron chi connectivity index (χ4n) is 5.88. The second-order valence-corrected chi connectivity index (χ2v) is 10.5. The molecule has 0 unspecified atom stereocenters. The molecular weight excluding hydrogens is 497 g/mol. The molecule has 6 rings (SSSR count). The lowest BCUT2D eigenvalue weighted by Crippen LogP contribution is -2.45. The van der Waals surface area contributed by atoms with Crippen LogP contribution in [0.5, 0.6) is 11.5 Å². The number of halogens is 1. The van der Waals surface area contributed by atoms with E-state index in [9.17, 15) is 4.79 Å². The number of anilines is 1. The standard InChI is InChI=1S/C29H34FN7O2/c30-24-18-35(16-12-20-10-14-32-15-11-20)17-13-25(24)37-28-26(27(31)33-19-34-28)36(29(37)38)21-6-8-23(9-7-21)39-22-4-2-1-3-5-22/h1-9,19-20,24-25,32H,10-18H2,(H2,31,33,34)/t24-,25+/m0/s1. The van der Waals surface area contributed by atoms with Gasteiger partial charge in [0.1, 0.15) is 29.5 Å². The van der Waals surface area contributed by atoms with Crippen LogP contribution in [0.3, 0.4) is 0 Å². The molecule has 0 spiro atoms. The van der Waals surface area contributed by atoms with Crippen molar-refractivity contribution in [3.63, 3.8) is 0 Å². The van der Waals surface area contributed by atoms with E-state index in [-0.39, 0.29) is 11.5 Å². The topological polar surface area (TPSA) is 103 Å². The van der Waals surface area contributed by atoms with Crippen molar-refractivity contribution in [2.75, 3.05) is 38.5 Å². The largest absolute Gasteiger partial charge is 0.457 e. The van der Waals surface area contributed by atoms with Gasteiger partial charge in [0.2, 0.25) is 0 Å². The van der Waals surface area contributed by atoms with Gasteiger partial charge in [0.15, 0.2) is 11.5 Å². The number of fused-ring (bicyclic) bond motifs is 1. The Morgan fingerprint density at radius 1 is 1.00 bits per heavy atom. The van der Waals surface area contributed by atoms with Gasteiger partial charge in [-0.05, 0) is 87.6 Å². The molecule has 2 saturated heterocycles. The lowest BCUT2D eigenvalue weighted by molar-refractivity contribution is 0.0840. The van der Waals surface area contributed by atoms with Gasteiger partial charge in [-0.15, -0.1) is 0 Å². The average molecular weight is 532 g/mol. The van der Waals surface area contributed by atoms with Crippen LogP contribution < -0.4 is 21.5 Å². The van der Waals surface area contributed by atoms with Crippen molar-refractivity contribution in [3.8, 4) is 17.2 Å². The fourth-order valence-corrected chi connectivity index (χ4v) is 5.88. The fraction of sp³-hybridized carbons (Fsp3) is 0.414. The SMILES string of the molecule is Nc1ncnc2c1n(-c1ccc(Oc3ccccc3)cc1)c(=O)n2[C@@H]1CCN(CCC2CCNCC2)C[C@@H]1F. The zero-order valence-electron chi connectivity index (χ0n) is 21.9. The number of piperidine rings is 2. The first kappa shape index (κ1) is 25.5. The van der Waals surface area contributed by atoms with Gasteiger partial charge in [-0.2, -0.15) is 0 Å². The molecular formula is C29H34FN7O2. The Morgan fingerprint density at radius 2 is 1.74 bits per heavy atom. The summed E-state index contributed by atoms with van der Waals surface area (Å²) in [5.41, 5.74) is 7.21. The number of likely N-dealkylation sites (tertiary alicyclic amines) is 1. The number of nitrogens with one attached hydrogen (secondary N) is 1. The Morgan fingerprint density at radius 3 is 2.49 bits per heavy atom. The number of nitrogen functional groups attached to an aromatic ring is 1. The molecule has 0 saturated carbocycles. The number of nitrogens with zero attached hydrogens (tertiary/aromatic N) is 5. The molecule has 39 heavy (non-hydrogen) atoms. The normalized spacial score (nSPS) is 20.8. The Labute approximate surface area is 226 Å². The minimum Gasteiger partial charge on any atom is -0.457 e. The maximum Gasteiger partial charge on any atom is 0.335 e. The van der Waals surface area contributed by atoms with E-state index >= 15 is 4.39 Å². The van der Waals surface area contributed by atoms with Crippen molar-refractivity contribution >= 4 is 17.0 Å². The van der Waals surface area contributed by atoms with Crippen LogP contribution in [0.2, 0.25) is 0 Å². The summed E-state index contributed by atoms with van der Waals surface area (Å²) in [6, 6.07) is 16.0. The summed E-state index contributed by atoms with van der Waals surface area (Å²) in [4.78, 5) is 24.6. The van der Waals surface area contributed by atoms with E-state index in [4.69, 9.17) is 10.5 Å². The van der Waals surface area contributed by atoms with E-state index in [0.29, 0.717) is 47.2 Å². The monoisotopic (exact) mass is 531 g/mol. The van der Waals surface area contributed by atoms with Crippen molar-refractivity contribution in [2.24, 2.45) is 5.92 Å². The first-order chi connectivity index (χ1) is 19.1. The number of alkyl halides is 1. The van der Waals surface area contributed by atoms with E-state index < -0.39 is 12.2 Å². The number of nitrogens with two attached hydrogens (primary N) is 1. The Hall–Kier alpha value is -3.76. The number of para-hydroxylation sites is 1. The predicted molar refractivity (Wildman–Crippen MR) is 149 cm³/mol. The smallest absolute Gasteiger partial charge is 0.335 e. The molecule has 0 radical (unpaired) electrons. The summed E-state index contributed by atoms with van der Waals surface area (Å²) in [6.45, 7) is 4.07. The number of hydrogen-bond donors (Lipinski definition) is 2. The van der Waals surface area contributed by atoms with Gasteiger partial charge in [-0.25, -0.2) is 19.2 Å². The van der Waals surface area contributed by atoms with Crippen molar-refractivity contribution in [3.05, 3.63) is 71.4 Å². The summed E-state index contributed by atoms with van der Waals surface area (Å²) in [5.74, 6) is 2.22. The number of aromatic nitrogens is 4. The molecule has 0 amide bonds. The number of rotatable bonds is 7. The third-order valence-electron chi connectivity index (χ3n) is 7.99. The van der Waals surface area contributed by atoms with Gasteiger partial charge >= 0.3 is 5.69 Å². The first-order valence-corrected chi connectivity index (χ1v) is 13.7. The molecule has 2 atom stereocenters. The van der Waals surface area contributed by atoms with Crippen LogP contribution in [0.4, 0.5) is 10.2 Å². The highest BCUT2D eigenvalue weighted by Gasteiger charge is 2.34. The van der Waals surface area contributed by atoms with Gasteiger partial charge in [-0.1, -0.05) is 18.2 Å². The van der Waals surface area contributed by atoms with Crippen LogP contribution >= 0.6 is 0 Å². The Balaban J connectivity index is 1.25. The summed E-state index contributed by atoms with van der Waals surface area (Å²) in [5, 5.41) is 3.40. The summed E-state index contributed by atoms with van der Waals surface area (Å²) >= 11 is 0. The van der Waals surface area contributed by atoms with Crippen LogP contribution in [-0.2, 0) is 0 Å². The highest BCUT2D eigenvalue weighted by Crippen LogP contribution is 2.31. The van der Waals surface area contributed by atoms with Crippen LogP contribution in [-0.4, -0.2) is 62.9 Å². The minimum atomic E-state index is -1.19. The molecule has 9 nitrogen and oxygen atoms in total. The van der Waals surface area contributed by atoms with E-state index in [1.165, 1.54) is 28.3 Å². The zero-order valence-corrected chi connectivity index (χ0v) is 21.9. The zero-order chi connectivity index (χ0) is 26.8. The summed E-state index contributed by atoms with van der Waals surface area (Å²) < 4.78 is 24.6. The van der Waals surface area contributed by atoms with Gasteiger partial charge < -0.3 is 20.7 Å². The van der Waals surface area contributed by atoms with Crippen molar-refractivity contribution in [2.45, 2.75) is 37.9 Å². The van der Waals surface area contributed by atoms with Crippen LogP contribution in [0, 0.1) is 5.92 Å². The molecule has 204 valence electrons. The lowest BCUT2D eigenvalue weighted by Gasteiger charge is -2.36. The van der Waals surface area contributed by atoms with Gasteiger partial charge in [0, 0.05) is 13.1 Å². The minimum absolute atomic E-state index is 0.176. The van der Waals surface area contributed by atoms with Crippen LogP contribution in [0.25, 0.3) is 16.9 Å². The molecule has 10 heteroatoms. The van der Waals surface area contributed by atoms with E-state index in [1.54, 1.807) is 24.3 Å². The highest BCUT2D eigenvalue weighted by atomic mass is 19.1. The molecule has 4 heterocycles. The third kappa shape index (κ3) is 5.26. The number of ether oxygens (including phenoxy) is 1. The predicted octanol–water partition coefficient (Wildman–Crippen LogP) is 3.93. The first-order valence-electron chi connectivity index (χ1n) is 13.7. The van der Waals surface area contributed by atoms with Gasteiger partial charge in [0.25, 0.3) is 0 Å². The van der Waals surface area contributed by atoms with E-state index in [0.717, 1.165) is 32.6 Å². The molecule has 2 aromatic heterocycles. The van der Waals surface area contributed by atoms with Gasteiger partial charge in [-0.3, -0.25) is 9.13 Å². The van der Waals surface area contributed by atoms with Crippen LogP contribution in [0.1, 0.15) is 31.7 Å². The van der Waals surface area contributed by atoms with Crippen molar-refractivity contribution in [1.29, 1.82) is 0 Å². The molecule has 2 aliphatic rings. The average Bonchev–Trinajstić information content (AvgIpc) is 3.26. The lowest BCUT2D eigenvalue weighted by atomic mass is 9.94. The molecule has 3 N–H and O–H groups in total. The molecule has 2 aliphatic heterocycles. The maximum atomic E-state index is 15.7. The number of benzene rings is 2. The van der Waals surface area contributed by atoms with E-state index in [1.807, 2.05) is 30.3 Å². The van der Waals surface area contributed by atoms with Crippen LogP contribution in [0.15, 0.2) is 65.7 Å². The molecule has 2 fully saturated rings. The highest BCUT2D eigenvalue weighted by molar-refractivity contribution is 5.84. The van der Waals surface area contributed by atoms with Crippen molar-refractivity contribution in [1.82, 2.24) is 29.3 Å². The number of imidazole rings is 1. The second kappa shape index (κ2) is 11.2. The van der Waals surface area contributed by atoms with Gasteiger partial charge in [0.05, 0.1) is 11.7 Å². The summed E-state index contributed by atoms with van der Waals surface area (Å²) in [6.07, 6.45) is 4.12. The molecule has 4 aromatic rings.